The molecule has 0 saturated carbocycles. The summed E-state index contributed by atoms with van der Waals surface area (Å²) in [5.41, 5.74) is 0.0249. The van der Waals surface area contributed by atoms with Crippen LogP contribution in [0.15, 0.2) is 35.3 Å². The van der Waals surface area contributed by atoms with Crippen LogP contribution in [0.1, 0.15) is 23.2 Å². The van der Waals surface area contributed by atoms with Crippen LogP contribution in [0.4, 0.5) is 5.69 Å². The van der Waals surface area contributed by atoms with Crippen LogP contribution in [-0.4, -0.2) is 46.5 Å². The van der Waals surface area contributed by atoms with Crippen molar-refractivity contribution in [1.29, 1.82) is 0 Å². The van der Waals surface area contributed by atoms with E-state index in [1.807, 2.05) is 0 Å². The van der Waals surface area contributed by atoms with Gasteiger partial charge in [-0.25, -0.2) is 9.59 Å². The first-order chi connectivity index (χ1) is 12.5. The lowest BCUT2D eigenvalue weighted by atomic mass is 10.2. The van der Waals surface area contributed by atoms with Crippen LogP contribution in [0.3, 0.4) is 0 Å². The minimum absolute atomic E-state index is 0.146. The van der Waals surface area contributed by atoms with E-state index in [0.29, 0.717) is 19.4 Å². The Labute approximate surface area is 153 Å². The molecule has 1 aliphatic rings. The number of aliphatic carboxylic acids is 1. The van der Waals surface area contributed by atoms with Crippen molar-refractivity contribution in [3.8, 4) is 5.69 Å². The number of aromatic nitrogens is 2. The summed E-state index contributed by atoms with van der Waals surface area (Å²) in [7, 11) is 1.24. The quantitative estimate of drug-likeness (QED) is 0.809. The molecule has 0 bridgehead atoms. The zero-order valence-corrected chi connectivity index (χ0v) is 14.6. The molecular formula is C17H16ClN3O5. The van der Waals surface area contributed by atoms with Crippen molar-refractivity contribution in [1.82, 2.24) is 9.78 Å². The normalized spacial score (nSPS) is 16.5. The molecular weight excluding hydrogens is 362 g/mol. The fourth-order valence-corrected chi connectivity index (χ4v) is 3.29. The molecule has 1 aromatic carbocycles. The number of nitrogens with zero attached hydrogens (tertiary/aromatic N) is 3. The monoisotopic (exact) mass is 377 g/mol. The van der Waals surface area contributed by atoms with Crippen molar-refractivity contribution in [3.05, 3.63) is 51.4 Å². The Morgan fingerprint density at radius 1 is 1.31 bits per heavy atom. The molecule has 9 heteroatoms. The summed E-state index contributed by atoms with van der Waals surface area (Å²) in [5, 5.41) is 13.3. The van der Waals surface area contributed by atoms with Gasteiger partial charge >= 0.3 is 11.9 Å². The predicted molar refractivity (Wildman–Crippen MR) is 94.2 cm³/mol. The summed E-state index contributed by atoms with van der Waals surface area (Å²) in [5.74, 6) is -1.58. The number of carbonyl (C=O) groups is 2. The fraction of sp³-hybridized carbons (Fsp3) is 0.294. The topological polar surface area (TPSA) is 102 Å². The molecule has 2 aromatic rings. The molecule has 0 spiro atoms. The first kappa shape index (κ1) is 17.9. The lowest BCUT2D eigenvalue weighted by Crippen LogP contribution is -2.37. The van der Waals surface area contributed by atoms with Gasteiger partial charge < -0.3 is 14.7 Å². The Morgan fingerprint density at radius 3 is 2.73 bits per heavy atom. The Balaban J connectivity index is 2.09. The third kappa shape index (κ3) is 3.03. The van der Waals surface area contributed by atoms with Crippen molar-refractivity contribution < 1.29 is 19.4 Å². The maximum Gasteiger partial charge on any atom is 0.340 e. The number of carbonyl (C=O) groups excluding carboxylic acids is 1. The Bertz CT molecular complexity index is 927. The zero-order valence-electron chi connectivity index (χ0n) is 13.9. The summed E-state index contributed by atoms with van der Waals surface area (Å²) in [6, 6.07) is 5.61. The van der Waals surface area contributed by atoms with E-state index >= 15 is 0 Å². The van der Waals surface area contributed by atoms with E-state index in [9.17, 15) is 19.5 Å². The van der Waals surface area contributed by atoms with Gasteiger partial charge in [0.05, 0.1) is 30.2 Å². The highest BCUT2D eigenvalue weighted by Gasteiger charge is 2.33. The number of hydrogen-bond donors (Lipinski definition) is 1. The van der Waals surface area contributed by atoms with Crippen molar-refractivity contribution in [2.75, 3.05) is 18.6 Å². The standard InChI is InChI=1S/C17H16ClN3O5/c1-26-17(25)10-5-2-3-6-11(10)21-15(22)14(18)13(9-19-21)20-8-4-7-12(20)16(23)24/h2-3,5-6,9,12H,4,7-8H2,1H3,(H,23,24). The van der Waals surface area contributed by atoms with E-state index in [-0.39, 0.29) is 22.0 Å². The van der Waals surface area contributed by atoms with Crippen LogP contribution in [0.25, 0.3) is 5.69 Å². The van der Waals surface area contributed by atoms with Crippen molar-refractivity contribution in [2.45, 2.75) is 18.9 Å². The predicted octanol–water partition coefficient (Wildman–Crippen LogP) is 1.73. The fourth-order valence-electron chi connectivity index (χ4n) is 3.05. The number of anilines is 1. The number of para-hydroxylation sites is 1. The summed E-state index contributed by atoms with van der Waals surface area (Å²) >= 11 is 6.24. The molecule has 0 radical (unpaired) electrons. The van der Waals surface area contributed by atoms with E-state index in [0.717, 1.165) is 4.68 Å². The number of hydrogen-bond acceptors (Lipinski definition) is 6. The minimum atomic E-state index is -0.973. The maximum atomic E-state index is 12.7. The number of rotatable bonds is 4. The molecule has 26 heavy (non-hydrogen) atoms. The Kier molecular flexibility index (Phi) is 4.94. The third-order valence-corrected chi connectivity index (χ3v) is 4.64. The maximum absolute atomic E-state index is 12.7. The van der Waals surface area contributed by atoms with Gasteiger partial charge in [0.15, 0.2) is 0 Å². The highest BCUT2D eigenvalue weighted by atomic mass is 35.5. The highest BCUT2D eigenvalue weighted by Crippen LogP contribution is 2.29. The minimum Gasteiger partial charge on any atom is -0.480 e. The Morgan fingerprint density at radius 2 is 2.04 bits per heavy atom. The van der Waals surface area contributed by atoms with E-state index in [2.05, 4.69) is 5.10 Å². The van der Waals surface area contributed by atoms with E-state index in [4.69, 9.17) is 16.3 Å². The SMILES string of the molecule is COC(=O)c1ccccc1-n1ncc(N2CCCC2C(=O)O)c(Cl)c1=O. The van der Waals surface area contributed by atoms with Gasteiger partial charge in [-0.15, -0.1) is 0 Å². The lowest BCUT2D eigenvalue weighted by molar-refractivity contribution is -0.138. The largest absolute Gasteiger partial charge is 0.480 e. The van der Waals surface area contributed by atoms with Crippen LogP contribution in [-0.2, 0) is 9.53 Å². The molecule has 8 nitrogen and oxygen atoms in total. The smallest absolute Gasteiger partial charge is 0.340 e. The number of carboxylic acid groups (broad SMARTS) is 1. The molecule has 1 aromatic heterocycles. The number of carboxylic acids is 1. The van der Waals surface area contributed by atoms with Gasteiger partial charge in [0.2, 0.25) is 0 Å². The van der Waals surface area contributed by atoms with Gasteiger partial charge in [-0.3, -0.25) is 4.79 Å². The second-order valence-electron chi connectivity index (χ2n) is 5.76. The summed E-state index contributed by atoms with van der Waals surface area (Å²) in [6.45, 7) is 0.473. The van der Waals surface area contributed by atoms with Gasteiger partial charge in [-0.2, -0.15) is 9.78 Å². The zero-order chi connectivity index (χ0) is 18.8. The van der Waals surface area contributed by atoms with Gasteiger partial charge in [0, 0.05) is 6.54 Å². The second kappa shape index (κ2) is 7.17. The average Bonchev–Trinajstić information content (AvgIpc) is 3.13. The van der Waals surface area contributed by atoms with Crippen molar-refractivity contribution in [3.63, 3.8) is 0 Å². The first-order valence-corrected chi connectivity index (χ1v) is 8.28. The number of ether oxygens (including phenoxy) is 1. The lowest BCUT2D eigenvalue weighted by Gasteiger charge is -2.24. The number of esters is 1. The molecule has 1 fully saturated rings. The van der Waals surface area contributed by atoms with Gasteiger partial charge in [0.1, 0.15) is 11.1 Å². The van der Waals surface area contributed by atoms with E-state index in [1.165, 1.54) is 19.4 Å². The van der Waals surface area contributed by atoms with Crippen LogP contribution >= 0.6 is 11.6 Å². The molecule has 1 saturated heterocycles. The van der Waals surface area contributed by atoms with Crippen LogP contribution in [0, 0.1) is 0 Å². The van der Waals surface area contributed by atoms with Gasteiger partial charge in [-0.05, 0) is 25.0 Å². The molecule has 3 rings (SSSR count). The number of methoxy groups -OCH3 is 1. The summed E-state index contributed by atoms with van der Waals surface area (Å²) in [6.07, 6.45) is 2.50. The summed E-state index contributed by atoms with van der Waals surface area (Å²) < 4.78 is 5.73. The highest BCUT2D eigenvalue weighted by molar-refractivity contribution is 6.33. The van der Waals surface area contributed by atoms with Gasteiger partial charge in [-0.1, -0.05) is 23.7 Å². The Hall–Kier alpha value is -2.87. The summed E-state index contributed by atoms with van der Waals surface area (Å²) in [4.78, 5) is 37.6. The van der Waals surface area contributed by atoms with Crippen molar-refractivity contribution >= 4 is 29.2 Å². The van der Waals surface area contributed by atoms with Crippen LogP contribution in [0.2, 0.25) is 5.02 Å². The molecule has 0 amide bonds. The van der Waals surface area contributed by atoms with E-state index in [1.54, 1.807) is 23.1 Å². The number of benzene rings is 1. The molecule has 1 unspecified atom stereocenters. The first-order valence-electron chi connectivity index (χ1n) is 7.90. The van der Waals surface area contributed by atoms with Crippen LogP contribution < -0.4 is 10.5 Å². The number of halogens is 1. The average molecular weight is 378 g/mol. The van der Waals surface area contributed by atoms with Crippen LogP contribution in [0.5, 0.6) is 0 Å². The second-order valence-corrected chi connectivity index (χ2v) is 6.14. The molecule has 0 aliphatic carbocycles. The van der Waals surface area contributed by atoms with Gasteiger partial charge in [0.25, 0.3) is 5.56 Å². The molecule has 1 aliphatic heterocycles. The molecule has 1 N–H and O–H groups in total. The van der Waals surface area contributed by atoms with E-state index < -0.39 is 23.5 Å². The molecule has 136 valence electrons. The molecule has 1 atom stereocenters. The van der Waals surface area contributed by atoms with Crippen molar-refractivity contribution in [2.24, 2.45) is 0 Å². The third-order valence-electron chi connectivity index (χ3n) is 4.29. The molecule has 2 heterocycles.